The number of furan rings is 1. The standard InChI is InChI=1S/C25H33N3O3S/c1-17-4-5-22(32-17)16-28(15-21-3-2-8-31-21)23(29)6-7-26-24(30)27-25-12-18-9-19(13-25)11-20(10-18)14-25/h2-5,8,18-20H,6-7,9-16H2,1H3,(H2,26,27,30). The van der Waals surface area contributed by atoms with Gasteiger partial charge in [0.15, 0.2) is 0 Å². The van der Waals surface area contributed by atoms with Gasteiger partial charge in [-0.3, -0.25) is 4.79 Å². The molecule has 4 bridgehead atoms. The van der Waals surface area contributed by atoms with Crippen molar-refractivity contribution >= 4 is 23.3 Å². The number of urea groups is 1. The van der Waals surface area contributed by atoms with Gasteiger partial charge in [0.1, 0.15) is 5.76 Å². The van der Waals surface area contributed by atoms with Crippen LogP contribution in [0.1, 0.15) is 60.5 Å². The fourth-order valence-electron chi connectivity index (χ4n) is 6.57. The molecule has 4 aliphatic rings. The summed E-state index contributed by atoms with van der Waals surface area (Å²) < 4.78 is 5.46. The molecule has 0 atom stereocenters. The Kier molecular flexibility index (Phi) is 6.01. The quantitative estimate of drug-likeness (QED) is 0.598. The van der Waals surface area contributed by atoms with Gasteiger partial charge < -0.3 is 20.0 Å². The molecule has 0 unspecified atom stereocenters. The van der Waals surface area contributed by atoms with Crippen LogP contribution < -0.4 is 10.6 Å². The average Bonchev–Trinajstić information content (AvgIpc) is 3.37. The Morgan fingerprint density at radius 3 is 2.41 bits per heavy atom. The molecule has 2 aromatic rings. The molecule has 3 amide bonds. The molecule has 0 radical (unpaired) electrons. The lowest BCUT2D eigenvalue weighted by Gasteiger charge is -2.56. The van der Waals surface area contributed by atoms with E-state index in [1.807, 2.05) is 17.0 Å². The van der Waals surface area contributed by atoms with Gasteiger partial charge in [-0.15, -0.1) is 11.3 Å². The average molecular weight is 456 g/mol. The van der Waals surface area contributed by atoms with Crippen LogP contribution in [0.15, 0.2) is 34.9 Å². The van der Waals surface area contributed by atoms with E-state index in [-0.39, 0.29) is 23.9 Å². The molecule has 6 nitrogen and oxygen atoms in total. The minimum atomic E-state index is -0.119. The number of hydrogen-bond acceptors (Lipinski definition) is 4. The number of thiophene rings is 1. The highest BCUT2D eigenvalue weighted by Gasteiger charge is 2.51. The van der Waals surface area contributed by atoms with Crippen LogP contribution in [0.4, 0.5) is 4.79 Å². The Bertz CT molecular complexity index is 916. The van der Waals surface area contributed by atoms with Crippen molar-refractivity contribution in [3.63, 3.8) is 0 Å². The van der Waals surface area contributed by atoms with Crippen molar-refractivity contribution < 1.29 is 14.0 Å². The van der Waals surface area contributed by atoms with Crippen LogP contribution in [0.2, 0.25) is 0 Å². The number of nitrogens with zero attached hydrogens (tertiary/aromatic N) is 1. The predicted molar refractivity (Wildman–Crippen MR) is 124 cm³/mol. The Morgan fingerprint density at radius 1 is 1.09 bits per heavy atom. The van der Waals surface area contributed by atoms with Crippen molar-refractivity contribution in [3.05, 3.63) is 46.0 Å². The molecule has 2 N–H and O–H groups in total. The van der Waals surface area contributed by atoms with Gasteiger partial charge in [-0.2, -0.15) is 0 Å². The Morgan fingerprint density at radius 2 is 1.81 bits per heavy atom. The summed E-state index contributed by atoms with van der Waals surface area (Å²) in [5.74, 6) is 3.15. The van der Waals surface area contributed by atoms with Crippen LogP contribution in [-0.2, 0) is 17.9 Å². The highest BCUT2D eigenvalue weighted by atomic mass is 32.1. The predicted octanol–water partition coefficient (Wildman–Crippen LogP) is 4.84. The molecule has 0 aliphatic heterocycles. The molecule has 2 heterocycles. The summed E-state index contributed by atoms with van der Waals surface area (Å²) in [7, 11) is 0. The molecule has 0 aromatic carbocycles. The Hall–Kier alpha value is -2.28. The summed E-state index contributed by atoms with van der Waals surface area (Å²) in [6.07, 6.45) is 9.35. The third kappa shape index (κ3) is 4.87. The summed E-state index contributed by atoms with van der Waals surface area (Å²) >= 11 is 1.70. The topological polar surface area (TPSA) is 74.6 Å². The van der Waals surface area contributed by atoms with Crippen molar-refractivity contribution in [2.24, 2.45) is 17.8 Å². The molecular formula is C25H33N3O3S. The molecule has 4 saturated carbocycles. The number of carbonyl (C=O) groups is 2. The zero-order chi connectivity index (χ0) is 22.1. The Balaban J connectivity index is 1.13. The molecular weight excluding hydrogens is 422 g/mol. The normalized spacial score (nSPS) is 28.0. The largest absolute Gasteiger partial charge is 0.467 e. The monoisotopic (exact) mass is 455 g/mol. The van der Waals surface area contributed by atoms with Crippen LogP contribution in [-0.4, -0.2) is 28.9 Å². The van der Waals surface area contributed by atoms with E-state index in [4.69, 9.17) is 4.42 Å². The number of hydrogen-bond donors (Lipinski definition) is 2. The number of carbonyl (C=O) groups excluding carboxylic acids is 2. The third-order valence-corrected chi connectivity index (χ3v) is 8.45. The first-order chi connectivity index (χ1) is 15.5. The van der Waals surface area contributed by atoms with Crippen molar-refractivity contribution in [3.8, 4) is 0 Å². The highest BCUT2D eigenvalue weighted by Crippen LogP contribution is 2.55. The first kappa shape index (κ1) is 21.6. The highest BCUT2D eigenvalue weighted by molar-refractivity contribution is 7.11. The van der Waals surface area contributed by atoms with Gasteiger partial charge in [-0.25, -0.2) is 4.79 Å². The van der Waals surface area contributed by atoms with Crippen molar-refractivity contribution in [1.29, 1.82) is 0 Å². The maximum Gasteiger partial charge on any atom is 0.315 e. The van der Waals surface area contributed by atoms with Gasteiger partial charge >= 0.3 is 6.03 Å². The third-order valence-electron chi connectivity index (χ3n) is 7.46. The van der Waals surface area contributed by atoms with Gasteiger partial charge in [0.2, 0.25) is 5.91 Å². The maximum atomic E-state index is 13.0. The molecule has 0 spiro atoms. The summed E-state index contributed by atoms with van der Waals surface area (Å²) in [6.45, 7) is 3.40. The SMILES string of the molecule is Cc1ccc(CN(Cc2ccco2)C(=O)CCNC(=O)NC23CC4CC(CC(C4)C2)C3)s1. The van der Waals surface area contributed by atoms with Gasteiger partial charge in [-0.1, -0.05) is 0 Å². The van der Waals surface area contributed by atoms with E-state index < -0.39 is 0 Å². The van der Waals surface area contributed by atoms with Gasteiger partial charge in [0.05, 0.1) is 19.4 Å². The molecule has 6 rings (SSSR count). The van der Waals surface area contributed by atoms with E-state index >= 15 is 0 Å². The molecule has 4 fully saturated rings. The zero-order valence-corrected chi connectivity index (χ0v) is 19.6. The second-order valence-corrected chi connectivity index (χ2v) is 11.5. The Labute approximate surface area is 193 Å². The van der Waals surface area contributed by atoms with E-state index in [1.54, 1.807) is 17.6 Å². The number of amides is 3. The van der Waals surface area contributed by atoms with Crippen molar-refractivity contribution in [2.45, 2.75) is 70.5 Å². The lowest BCUT2D eigenvalue weighted by molar-refractivity contribution is -0.132. The van der Waals surface area contributed by atoms with Gasteiger partial charge in [0.25, 0.3) is 0 Å². The minimum Gasteiger partial charge on any atom is -0.467 e. The minimum absolute atomic E-state index is 0.00873. The van der Waals surface area contributed by atoms with Gasteiger partial charge in [0, 0.05) is 28.3 Å². The number of nitrogens with one attached hydrogen (secondary N) is 2. The summed E-state index contributed by atoms with van der Waals surface area (Å²) in [5, 5.41) is 6.27. The van der Waals surface area contributed by atoms with E-state index in [2.05, 4.69) is 29.7 Å². The summed E-state index contributed by atoms with van der Waals surface area (Å²) in [5.41, 5.74) is -0.00873. The molecule has 2 aromatic heterocycles. The van der Waals surface area contributed by atoms with E-state index in [1.165, 1.54) is 24.1 Å². The first-order valence-electron chi connectivity index (χ1n) is 11.9. The van der Waals surface area contributed by atoms with E-state index in [0.717, 1.165) is 47.7 Å². The van der Waals surface area contributed by atoms with E-state index in [9.17, 15) is 9.59 Å². The van der Waals surface area contributed by atoms with Crippen LogP contribution >= 0.6 is 11.3 Å². The number of aryl methyl sites for hydroxylation is 1. The van der Waals surface area contributed by atoms with Crippen molar-refractivity contribution in [1.82, 2.24) is 15.5 Å². The van der Waals surface area contributed by atoms with Crippen LogP contribution in [0, 0.1) is 24.7 Å². The van der Waals surface area contributed by atoms with Crippen LogP contribution in [0.3, 0.4) is 0 Å². The van der Waals surface area contributed by atoms with Crippen LogP contribution in [0.25, 0.3) is 0 Å². The molecule has 0 saturated heterocycles. The second-order valence-electron chi connectivity index (χ2n) is 10.2. The maximum absolute atomic E-state index is 13.0. The molecule has 4 aliphatic carbocycles. The number of rotatable bonds is 8. The smallest absolute Gasteiger partial charge is 0.315 e. The van der Waals surface area contributed by atoms with Crippen LogP contribution in [0.5, 0.6) is 0 Å². The summed E-state index contributed by atoms with van der Waals surface area (Å²) in [4.78, 5) is 29.8. The second kappa shape index (κ2) is 8.93. The molecule has 7 heteroatoms. The van der Waals surface area contributed by atoms with Crippen molar-refractivity contribution in [2.75, 3.05) is 6.54 Å². The zero-order valence-electron chi connectivity index (χ0n) is 18.8. The molecule has 32 heavy (non-hydrogen) atoms. The fraction of sp³-hybridized carbons (Fsp3) is 0.600. The lowest BCUT2D eigenvalue weighted by atomic mass is 9.53. The van der Waals surface area contributed by atoms with Gasteiger partial charge in [-0.05, 0) is 87.5 Å². The fourth-order valence-corrected chi connectivity index (χ4v) is 7.48. The van der Waals surface area contributed by atoms with E-state index in [0.29, 0.717) is 19.6 Å². The molecule has 172 valence electrons. The first-order valence-corrected chi connectivity index (χ1v) is 12.7. The summed E-state index contributed by atoms with van der Waals surface area (Å²) in [6, 6.07) is 7.75. The lowest BCUT2D eigenvalue weighted by Crippen LogP contribution is -2.61.